The van der Waals surface area contributed by atoms with Gasteiger partial charge in [-0.3, -0.25) is 9.20 Å². The highest BCUT2D eigenvalue weighted by molar-refractivity contribution is 7.99. The van der Waals surface area contributed by atoms with Crippen LogP contribution in [0.1, 0.15) is 0 Å². The van der Waals surface area contributed by atoms with Gasteiger partial charge in [0.2, 0.25) is 5.91 Å². The second-order valence-corrected chi connectivity index (χ2v) is 6.32. The Morgan fingerprint density at radius 2 is 2.00 bits per heavy atom. The summed E-state index contributed by atoms with van der Waals surface area (Å²) in [6.07, 6.45) is 3.29. The third-order valence-electron chi connectivity index (χ3n) is 3.36. The maximum absolute atomic E-state index is 10.9. The molecule has 24 heavy (non-hydrogen) atoms. The van der Waals surface area contributed by atoms with Crippen molar-refractivity contribution in [3.05, 3.63) is 41.8 Å². The molecule has 4 rings (SSSR count). The number of rotatable bonds is 4. The molecule has 1 aromatic carbocycles. The van der Waals surface area contributed by atoms with Crippen molar-refractivity contribution in [3.8, 4) is 5.69 Å². The normalized spacial score (nSPS) is 11.4. The number of hydrogen-bond acceptors (Lipinski definition) is 6. The van der Waals surface area contributed by atoms with Gasteiger partial charge in [-0.2, -0.15) is 5.10 Å². The largest absolute Gasteiger partial charge is 0.369 e. The molecule has 0 bridgehead atoms. The molecule has 1 amide bonds. The fourth-order valence-electron chi connectivity index (χ4n) is 2.31. The van der Waals surface area contributed by atoms with E-state index in [-0.39, 0.29) is 5.75 Å². The minimum Gasteiger partial charge on any atom is -0.369 e. The number of aromatic nitrogens is 6. The first-order chi connectivity index (χ1) is 11.6. The smallest absolute Gasteiger partial charge is 0.227 e. The predicted octanol–water partition coefficient (Wildman–Crippen LogP) is 1.69. The number of thioether (sulfide) groups is 1. The fraction of sp³-hybridized carbons (Fsp3) is 0.0714. The molecule has 4 aromatic rings. The number of benzene rings is 1. The van der Waals surface area contributed by atoms with Gasteiger partial charge in [-0.15, -0.1) is 10.2 Å². The standard InChI is InChI=1S/C14H10ClN7OS/c15-8-1-3-9(4-2-8)22-12-10(5-18-22)13-19-20-14(21(13)7-17-12)24-6-11(16)23/h1-5,7H,6H2,(H2,16,23). The van der Waals surface area contributed by atoms with Crippen LogP contribution in [-0.4, -0.2) is 41.0 Å². The van der Waals surface area contributed by atoms with Gasteiger partial charge in [0.25, 0.3) is 0 Å². The Bertz CT molecular complexity index is 1060. The highest BCUT2D eigenvalue weighted by Crippen LogP contribution is 2.23. The number of primary amides is 1. The molecule has 8 nitrogen and oxygen atoms in total. The minimum atomic E-state index is -0.415. The van der Waals surface area contributed by atoms with Crippen LogP contribution in [0.4, 0.5) is 0 Å². The number of fused-ring (bicyclic) bond motifs is 3. The lowest BCUT2D eigenvalue weighted by Gasteiger charge is -2.03. The quantitative estimate of drug-likeness (QED) is 0.556. The van der Waals surface area contributed by atoms with Gasteiger partial charge in [0.15, 0.2) is 16.5 Å². The summed E-state index contributed by atoms with van der Waals surface area (Å²) in [4.78, 5) is 15.4. The van der Waals surface area contributed by atoms with E-state index in [4.69, 9.17) is 17.3 Å². The first-order valence-electron chi connectivity index (χ1n) is 6.88. The van der Waals surface area contributed by atoms with Gasteiger partial charge >= 0.3 is 0 Å². The Balaban J connectivity index is 1.82. The Hall–Kier alpha value is -2.65. The molecular formula is C14H10ClN7OS. The molecule has 3 aromatic heterocycles. The van der Waals surface area contributed by atoms with Crippen molar-refractivity contribution < 1.29 is 4.79 Å². The van der Waals surface area contributed by atoms with Crippen molar-refractivity contribution in [2.45, 2.75) is 5.16 Å². The molecule has 3 heterocycles. The first kappa shape index (κ1) is 14.9. The van der Waals surface area contributed by atoms with Gasteiger partial charge < -0.3 is 5.73 Å². The maximum atomic E-state index is 10.9. The Labute approximate surface area is 144 Å². The van der Waals surface area contributed by atoms with Gasteiger partial charge in [-0.25, -0.2) is 9.67 Å². The van der Waals surface area contributed by atoms with E-state index >= 15 is 0 Å². The van der Waals surface area contributed by atoms with Crippen LogP contribution in [0, 0.1) is 0 Å². The lowest BCUT2D eigenvalue weighted by Crippen LogP contribution is -2.13. The van der Waals surface area contributed by atoms with Crippen LogP contribution in [0.25, 0.3) is 22.4 Å². The van der Waals surface area contributed by atoms with Crippen LogP contribution in [0.15, 0.2) is 41.9 Å². The number of halogens is 1. The van der Waals surface area contributed by atoms with E-state index in [1.165, 1.54) is 11.8 Å². The second-order valence-electron chi connectivity index (χ2n) is 4.95. The number of carbonyl (C=O) groups excluding carboxylic acids is 1. The topological polar surface area (TPSA) is 104 Å². The molecule has 0 spiro atoms. The summed E-state index contributed by atoms with van der Waals surface area (Å²) in [6, 6.07) is 7.30. The molecule has 2 N–H and O–H groups in total. The maximum Gasteiger partial charge on any atom is 0.227 e. The van der Waals surface area contributed by atoms with E-state index in [2.05, 4.69) is 20.3 Å². The molecule has 0 unspecified atom stereocenters. The van der Waals surface area contributed by atoms with Crippen molar-refractivity contribution in [1.29, 1.82) is 0 Å². The van der Waals surface area contributed by atoms with E-state index in [1.807, 2.05) is 12.1 Å². The summed E-state index contributed by atoms with van der Waals surface area (Å²) in [7, 11) is 0. The molecule has 10 heteroatoms. The van der Waals surface area contributed by atoms with Gasteiger partial charge in [0, 0.05) is 5.02 Å². The zero-order chi connectivity index (χ0) is 16.7. The van der Waals surface area contributed by atoms with Crippen molar-refractivity contribution >= 4 is 46.0 Å². The average Bonchev–Trinajstić information content (AvgIpc) is 3.17. The number of nitrogens with zero attached hydrogens (tertiary/aromatic N) is 6. The zero-order valence-corrected chi connectivity index (χ0v) is 13.7. The zero-order valence-electron chi connectivity index (χ0n) is 12.1. The summed E-state index contributed by atoms with van der Waals surface area (Å²) in [5.41, 5.74) is 7.28. The van der Waals surface area contributed by atoms with Crippen LogP contribution in [-0.2, 0) is 4.79 Å². The molecule has 0 atom stereocenters. The highest BCUT2D eigenvalue weighted by atomic mass is 35.5. The van der Waals surface area contributed by atoms with Gasteiger partial charge in [0.1, 0.15) is 6.33 Å². The van der Waals surface area contributed by atoms with E-state index < -0.39 is 5.91 Å². The number of nitrogens with two attached hydrogens (primary N) is 1. The number of carbonyl (C=O) groups is 1. The predicted molar refractivity (Wildman–Crippen MR) is 90.3 cm³/mol. The number of amides is 1. The SMILES string of the molecule is NC(=O)CSc1nnc2c3cnn(-c4ccc(Cl)cc4)c3ncn12. The molecule has 0 fully saturated rings. The first-order valence-corrected chi connectivity index (χ1v) is 8.24. The molecule has 0 saturated carbocycles. The molecular weight excluding hydrogens is 350 g/mol. The van der Waals surface area contributed by atoms with Crippen LogP contribution < -0.4 is 5.73 Å². The van der Waals surface area contributed by atoms with E-state index in [9.17, 15) is 4.79 Å². The van der Waals surface area contributed by atoms with Gasteiger partial charge in [-0.1, -0.05) is 23.4 Å². The van der Waals surface area contributed by atoms with Gasteiger partial charge in [-0.05, 0) is 24.3 Å². The van der Waals surface area contributed by atoms with Crippen molar-refractivity contribution in [3.63, 3.8) is 0 Å². The van der Waals surface area contributed by atoms with Crippen LogP contribution in [0.2, 0.25) is 5.02 Å². The monoisotopic (exact) mass is 359 g/mol. The molecule has 0 aliphatic heterocycles. The second kappa shape index (κ2) is 5.77. The Kier molecular flexibility index (Phi) is 3.58. The van der Waals surface area contributed by atoms with Crippen LogP contribution >= 0.6 is 23.4 Å². The van der Waals surface area contributed by atoms with Gasteiger partial charge in [0.05, 0.1) is 23.0 Å². The lowest BCUT2D eigenvalue weighted by molar-refractivity contribution is -0.115. The summed E-state index contributed by atoms with van der Waals surface area (Å²) in [5.74, 6) is -0.288. The van der Waals surface area contributed by atoms with E-state index in [0.717, 1.165) is 11.1 Å². The summed E-state index contributed by atoms with van der Waals surface area (Å²) >= 11 is 7.13. The van der Waals surface area contributed by atoms with Crippen molar-refractivity contribution in [2.75, 3.05) is 5.75 Å². The fourth-order valence-corrected chi connectivity index (χ4v) is 3.08. The molecule has 0 radical (unpaired) electrons. The third-order valence-corrected chi connectivity index (χ3v) is 4.58. The molecule has 0 aliphatic carbocycles. The van der Waals surface area contributed by atoms with Crippen molar-refractivity contribution in [2.24, 2.45) is 5.73 Å². The molecule has 0 saturated heterocycles. The third kappa shape index (κ3) is 2.47. The van der Waals surface area contributed by atoms with E-state index in [1.54, 1.807) is 33.7 Å². The Morgan fingerprint density at radius 3 is 2.75 bits per heavy atom. The number of hydrogen-bond donors (Lipinski definition) is 1. The average molecular weight is 360 g/mol. The molecule has 0 aliphatic rings. The minimum absolute atomic E-state index is 0.128. The molecule has 120 valence electrons. The van der Waals surface area contributed by atoms with Crippen molar-refractivity contribution in [1.82, 2.24) is 29.4 Å². The summed E-state index contributed by atoms with van der Waals surface area (Å²) < 4.78 is 3.42. The summed E-state index contributed by atoms with van der Waals surface area (Å²) in [6.45, 7) is 0. The van der Waals surface area contributed by atoms with Crippen LogP contribution in [0.5, 0.6) is 0 Å². The lowest BCUT2D eigenvalue weighted by atomic mass is 10.3. The highest BCUT2D eigenvalue weighted by Gasteiger charge is 2.15. The van der Waals surface area contributed by atoms with Crippen LogP contribution in [0.3, 0.4) is 0 Å². The van der Waals surface area contributed by atoms with E-state index in [0.29, 0.717) is 21.5 Å². The Morgan fingerprint density at radius 1 is 1.21 bits per heavy atom. The summed E-state index contributed by atoms with van der Waals surface area (Å²) in [5, 5.41) is 14.6.